The Kier molecular flexibility index (Phi) is 5.91. The topological polar surface area (TPSA) is 127 Å². The van der Waals surface area contributed by atoms with E-state index in [9.17, 15) is 14.4 Å². The molecule has 4 heterocycles. The van der Waals surface area contributed by atoms with E-state index < -0.39 is 11.8 Å². The van der Waals surface area contributed by atoms with Crippen LogP contribution >= 0.6 is 0 Å². The predicted molar refractivity (Wildman–Crippen MR) is 136 cm³/mol. The first-order valence-electron chi connectivity index (χ1n) is 12.3. The van der Waals surface area contributed by atoms with E-state index in [-0.39, 0.29) is 12.5 Å². The van der Waals surface area contributed by atoms with Crippen molar-refractivity contribution in [2.75, 3.05) is 44.2 Å². The molecule has 0 bridgehead atoms. The SMILES string of the molecule is CCOc1ccc(-n2nnc3c(N4CCN(C(=O)CN5C(=O)c6ccccc6C5=O)CC4)ncnc32)cc1. The maximum Gasteiger partial charge on any atom is 0.262 e. The lowest BCUT2D eigenvalue weighted by atomic mass is 10.1. The van der Waals surface area contributed by atoms with E-state index in [2.05, 4.69) is 20.3 Å². The quantitative estimate of drug-likeness (QED) is 0.354. The van der Waals surface area contributed by atoms with Crippen LogP contribution in [0.4, 0.5) is 5.82 Å². The van der Waals surface area contributed by atoms with Gasteiger partial charge in [0.25, 0.3) is 11.8 Å². The van der Waals surface area contributed by atoms with Crippen LogP contribution in [-0.2, 0) is 4.79 Å². The molecule has 2 aliphatic heterocycles. The molecular weight excluding hydrogens is 488 g/mol. The highest BCUT2D eigenvalue weighted by Crippen LogP contribution is 2.25. The van der Waals surface area contributed by atoms with Gasteiger partial charge in [-0.3, -0.25) is 19.3 Å². The van der Waals surface area contributed by atoms with E-state index >= 15 is 0 Å². The number of fused-ring (bicyclic) bond motifs is 2. The molecule has 0 atom stereocenters. The fourth-order valence-corrected chi connectivity index (χ4v) is 4.78. The zero-order valence-corrected chi connectivity index (χ0v) is 20.6. The molecule has 4 aromatic rings. The van der Waals surface area contributed by atoms with Gasteiger partial charge in [0.15, 0.2) is 17.0 Å². The van der Waals surface area contributed by atoms with E-state index in [1.54, 1.807) is 33.8 Å². The van der Waals surface area contributed by atoms with E-state index in [1.807, 2.05) is 36.1 Å². The van der Waals surface area contributed by atoms with Crippen LogP contribution in [0.5, 0.6) is 5.75 Å². The third-order valence-corrected chi connectivity index (χ3v) is 6.71. The summed E-state index contributed by atoms with van der Waals surface area (Å²) in [5.41, 5.74) is 2.60. The largest absolute Gasteiger partial charge is 0.494 e. The van der Waals surface area contributed by atoms with Crippen LogP contribution < -0.4 is 9.64 Å². The monoisotopic (exact) mass is 512 g/mol. The van der Waals surface area contributed by atoms with Crippen LogP contribution in [0.3, 0.4) is 0 Å². The second-order valence-electron chi connectivity index (χ2n) is 8.91. The Morgan fingerprint density at radius 3 is 2.26 bits per heavy atom. The first-order chi connectivity index (χ1) is 18.5. The standard InChI is InChI=1S/C26H24N8O4/c1-2-38-18-9-7-17(8-10-18)34-24-22(29-30-34)23(27-16-28-24)32-13-11-31(12-14-32)21(35)15-33-25(36)19-5-3-4-6-20(19)26(33)37/h3-10,16H,2,11-15H2,1H3. The molecule has 0 N–H and O–H groups in total. The third-order valence-electron chi connectivity index (χ3n) is 6.71. The van der Waals surface area contributed by atoms with Crippen LogP contribution in [0.2, 0.25) is 0 Å². The lowest BCUT2D eigenvalue weighted by molar-refractivity contribution is -0.131. The number of anilines is 1. The smallest absolute Gasteiger partial charge is 0.262 e. The number of piperazine rings is 1. The molecule has 2 aromatic heterocycles. The molecule has 0 saturated carbocycles. The maximum absolute atomic E-state index is 13.0. The summed E-state index contributed by atoms with van der Waals surface area (Å²) in [7, 11) is 0. The fraction of sp³-hybridized carbons (Fsp3) is 0.269. The molecule has 38 heavy (non-hydrogen) atoms. The summed E-state index contributed by atoms with van der Waals surface area (Å²) in [6, 6.07) is 14.1. The van der Waals surface area contributed by atoms with Gasteiger partial charge in [-0.2, -0.15) is 4.68 Å². The minimum Gasteiger partial charge on any atom is -0.494 e. The van der Waals surface area contributed by atoms with Crippen LogP contribution in [-0.4, -0.2) is 91.8 Å². The minimum atomic E-state index is -0.434. The van der Waals surface area contributed by atoms with Crippen molar-refractivity contribution in [2.45, 2.75) is 6.92 Å². The molecule has 192 valence electrons. The zero-order chi connectivity index (χ0) is 26.2. The average molecular weight is 513 g/mol. The summed E-state index contributed by atoms with van der Waals surface area (Å²) in [4.78, 5) is 51.8. The van der Waals surface area contributed by atoms with Gasteiger partial charge in [0.1, 0.15) is 18.6 Å². The third kappa shape index (κ3) is 3.99. The normalized spacial score (nSPS) is 15.3. The Balaban J connectivity index is 1.14. The lowest BCUT2D eigenvalue weighted by Gasteiger charge is -2.35. The fourth-order valence-electron chi connectivity index (χ4n) is 4.78. The Hall–Kier alpha value is -4.87. The van der Waals surface area contributed by atoms with Gasteiger partial charge in [-0.25, -0.2) is 9.97 Å². The van der Waals surface area contributed by atoms with Gasteiger partial charge < -0.3 is 14.5 Å². The van der Waals surface area contributed by atoms with Gasteiger partial charge in [0, 0.05) is 26.2 Å². The highest BCUT2D eigenvalue weighted by Gasteiger charge is 2.37. The highest BCUT2D eigenvalue weighted by molar-refractivity contribution is 6.22. The van der Waals surface area contributed by atoms with Gasteiger partial charge in [0.05, 0.1) is 23.4 Å². The molecule has 2 aromatic carbocycles. The molecule has 3 amide bonds. The molecule has 12 nitrogen and oxygen atoms in total. The van der Waals surface area contributed by atoms with Crippen LogP contribution in [0.1, 0.15) is 27.6 Å². The average Bonchev–Trinajstić information content (AvgIpc) is 3.49. The summed E-state index contributed by atoms with van der Waals surface area (Å²) in [6.45, 7) is 4.10. The highest BCUT2D eigenvalue weighted by atomic mass is 16.5. The van der Waals surface area contributed by atoms with Crippen molar-refractivity contribution < 1.29 is 19.1 Å². The Morgan fingerprint density at radius 1 is 0.921 bits per heavy atom. The number of hydrogen-bond acceptors (Lipinski definition) is 9. The summed E-state index contributed by atoms with van der Waals surface area (Å²) in [5, 5.41) is 8.63. The number of nitrogens with zero attached hydrogens (tertiary/aromatic N) is 8. The molecule has 1 fully saturated rings. The number of carbonyl (C=O) groups is 3. The van der Waals surface area contributed by atoms with Crippen LogP contribution in [0.25, 0.3) is 16.9 Å². The van der Waals surface area contributed by atoms with Crippen molar-refractivity contribution >= 4 is 34.7 Å². The Bertz CT molecular complexity index is 1510. The van der Waals surface area contributed by atoms with Gasteiger partial charge in [-0.05, 0) is 43.3 Å². The lowest BCUT2D eigenvalue weighted by Crippen LogP contribution is -2.52. The summed E-state index contributed by atoms with van der Waals surface area (Å²) < 4.78 is 7.16. The van der Waals surface area contributed by atoms with Crippen molar-refractivity contribution in [3.05, 3.63) is 66.0 Å². The summed E-state index contributed by atoms with van der Waals surface area (Å²) >= 11 is 0. The first-order valence-corrected chi connectivity index (χ1v) is 12.3. The molecule has 1 saturated heterocycles. The summed E-state index contributed by atoms with van der Waals surface area (Å²) in [5.74, 6) is 0.271. The maximum atomic E-state index is 13.0. The van der Waals surface area contributed by atoms with Gasteiger partial charge >= 0.3 is 0 Å². The van der Waals surface area contributed by atoms with E-state index in [1.165, 1.54) is 6.33 Å². The second kappa shape index (κ2) is 9.54. The van der Waals surface area contributed by atoms with E-state index in [4.69, 9.17) is 4.74 Å². The molecule has 0 unspecified atom stereocenters. The number of aromatic nitrogens is 5. The first kappa shape index (κ1) is 23.5. The van der Waals surface area contributed by atoms with Crippen molar-refractivity contribution in [1.29, 1.82) is 0 Å². The van der Waals surface area contributed by atoms with Crippen LogP contribution in [0.15, 0.2) is 54.9 Å². The molecule has 12 heteroatoms. The van der Waals surface area contributed by atoms with Gasteiger partial charge in [-0.15, -0.1) is 5.10 Å². The Morgan fingerprint density at radius 2 is 1.61 bits per heavy atom. The predicted octanol–water partition coefficient (Wildman–Crippen LogP) is 1.55. The van der Waals surface area contributed by atoms with E-state index in [0.29, 0.717) is 60.9 Å². The molecule has 6 rings (SSSR count). The molecule has 0 spiro atoms. The van der Waals surface area contributed by atoms with Crippen molar-refractivity contribution in [1.82, 2.24) is 34.8 Å². The van der Waals surface area contributed by atoms with Crippen LogP contribution in [0, 0.1) is 0 Å². The molecule has 0 radical (unpaired) electrons. The summed E-state index contributed by atoms with van der Waals surface area (Å²) in [6.07, 6.45) is 1.48. The minimum absolute atomic E-state index is 0.270. The number of rotatable bonds is 6. The number of hydrogen-bond donors (Lipinski definition) is 0. The number of amides is 3. The second-order valence-corrected chi connectivity index (χ2v) is 8.91. The van der Waals surface area contributed by atoms with Crippen molar-refractivity contribution in [2.24, 2.45) is 0 Å². The zero-order valence-electron chi connectivity index (χ0n) is 20.6. The van der Waals surface area contributed by atoms with Gasteiger partial charge in [-0.1, -0.05) is 17.3 Å². The number of ether oxygens (including phenoxy) is 1. The molecule has 0 aliphatic carbocycles. The number of benzene rings is 2. The van der Waals surface area contributed by atoms with Gasteiger partial charge in [0.2, 0.25) is 5.91 Å². The number of imide groups is 1. The number of carbonyl (C=O) groups excluding carboxylic acids is 3. The molecular formula is C26H24N8O4. The van der Waals surface area contributed by atoms with Crippen molar-refractivity contribution in [3.63, 3.8) is 0 Å². The Labute approximate surface area is 217 Å². The van der Waals surface area contributed by atoms with Crippen molar-refractivity contribution in [3.8, 4) is 11.4 Å². The molecule has 2 aliphatic rings. The van der Waals surface area contributed by atoms with E-state index in [0.717, 1.165) is 16.3 Å².